The van der Waals surface area contributed by atoms with Crippen molar-refractivity contribution in [3.63, 3.8) is 0 Å². The van der Waals surface area contributed by atoms with Gasteiger partial charge in [0.1, 0.15) is 0 Å². The van der Waals surface area contributed by atoms with E-state index in [1.165, 1.54) is 23.3 Å². The fourth-order valence-electron chi connectivity index (χ4n) is 2.39. The number of nitrogens with zero attached hydrogens (tertiary/aromatic N) is 2. The lowest BCUT2D eigenvalue weighted by molar-refractivity contribution is 0.0953. The van der Waals surface area contributed by atoms with Crippen LogP contribution in [0.3, 0.4) is 0 Å². The van der Waals surface area contributed by atoms with E-state index in [1.54, 1.807) is 23.7 Å². The number of amides is 1. The summed E-state index contributed by atoms with van der Waals surface area (Å²) >= 11 is 1.56. The molecule has 0 aliphatic heterocycles. The van der Waals surface area contributed by atoms with E-state index >= 15 is 0 Å². The van der Waals surface area contributed by atoms with Crippen LogP contribution in [0.2, 0.25) is 0 Å². The Morgan fingerprint density at radius 3 is 2.85 bits per heavy atom. The third-order valence-electron chi connectivity index (χ3n) is 3.49. The van der Waals surface area contributed by atoms with Crippen molar-refractivity contribution < 1.29 is 4.79 Å². The van der Waals surface area contributed by atoms with Gasteiger partial charge in [-0.05, 0) is 49.8 Å². The maximum Gasteiger partial charge on any atom is 0.280 e. The van der Waals surface area contributed by atoms with Crippen LogP contribution in [-0.2, 0) is 19.3 Å². The number of hydrogen-bond donors (Lipinski definition) is 1. The van der Waals surface area contributed by atoms with E-state index in [-0.39, 0.29) is 5.91 Å². The monoisotopic (exact) mass is 287 g/mol. The van der Waals surface area contributed by atoms with Gasteiger partial charge >= 0.3 is 0 Å². The molecule has 1 aliphatic rings. The fourth-order valence-corrected chi connectivity index (χ4v) is 3.46. The summed E-state index contributed by atoms with van der Waals surface area (Å²) < 4.78 is 0. The Labute approximate surface area is 122 Å². The predicted molar refractivity (Wildman–Crippen MR) is 79.0 cm³/mol. The van der Waals surface area contributed by atoms with Crippen molar-refractivity contribution in [3.8, 4) is 0 Å². The largest absolute Gasteiger partial charge is 0.350 e. The summed E-state index contributed by atoms with van der Waals surface area (Å²) in [6, 6.07) is 3.93. The highest BCUT2D eigenvalue weighted by Crippen LogP contribution is 2.26. The first-order valence-electron chi connectivity index (χ1n) is 6.98. The van der Waals surface area contributed by atoms with Crippen LogP contribution in [0, 0.1) is 0 Å². The molecule has 4 nitrogen and oxygen atoms in total. The zero-order valence-corrected chi connectivity index (χ0v) is 12.1. The summed E-state index contributed by atoms with van der Waals surface area (Å²) in [6.45, 7) is 0.632. The maximum absolute atomic E-state index is 12.1. The van der Waals surface area contributed by atoms with Crippen molar-refractivity contribution in [2.75, 3.05) is 6.54 Å². The minimum atomic E-state index is -0.0431. The highest BCUT2D eigenvalue weighted by Gasteiger charge is 2.18. The topological polar surface area (TPSA) is 54.9 Å². The number of pyridine rings is 1. The van der Waals surface area contributed by atoms with Gasteiger partial charge in [-0.1, -0.05) is 0 Å². The lowest BCUT2D eigenvalue weighted by Gasteiger charge is -2.06. The Bertz CT molecular complexity index is 571. The summed E-state index contributed by atoms with van der Waals surface area (Å²) in [5.74, 6) is -0.0431. The summed E-state index contributed by atoms with van der Waals surface area (Å²) in [5, 5.41) is 3.56. The number of rotatable bonds is 4. The Kier molecular flexibility index (Phi) is 4.06. The molecule has 2 aromatic rings. The van der Waals surface area contributed by atoms with Crippen LogP contribution in [0.4, 0.5) is 0 Å². The first kappa shape index (κ1) is 13.2. The van der Waals surface area contributed by atoms with Gasteiger partial charge in [-0.15, -0.1) is 11.3 Å². The molecule has 0 radical (unpaired) electrons. The van der Waals surface area contributed by atoms with E-state index < -0.39 is 0 Å². The lowest BCUT2D eigenvalue weighted by Crippen LogP contribution is -2.25. The molecule has 3 rings (SSSR count). The maximum atomic E-state index is 12.1. The first-order valence-corrected chi connectivity index (χ1v) is 7.80. The smallest absolute Gasteiger partial charge is 0.280 e. The average molecular weight is 287 g/mol. The molecule has 0 aromatic carbocycles. The fraction of sp³-hybridized carbons (Fsp3) is 0.400. The zero-order valence-electron chi connectivity index (χ0n) is 11.3. The number of fused-ring (bicyclic) bond motifs is 1. The summed E-state index contributed by atoms with van der Waals surface area (Å²) in [4.78, 5) is 21.8. The first-order chi connectivity index (χ1) is 9.83. The van der Waals surface area contributed by atoms with Gasteiger partial charge in [0, 0.05) is 23.8 Å². The van der Waals surface area contributed by atoms with Crippen molar-refractivity contribution >= 4 is 17.2 Å². The SMILES string of the molecule is O=C(NCCc1ccncc1)c1nc2c(s1)CCCC2. The highest BCUT2D eigenvalue weighted by molar-refractivity contribution is 7.13. The molecule has 104 valence electrons. The van der Waals surface area contributed by atoms with Crippen molar-refractivity contribution in [1.29, 1.82) is 0 Å². The summed E-state index contributed by atoms with van der Waals surface area (Å²) in [5.41, 5.74) is 2.32. The van der Waals surface area contributed by atoms with Crippen LogP contribution >= 0.6 is 11.3 Å². The summed E-state index contributed by atoms with van der Waals surface area (Å²) in [6.07, 6.45) is 8.88. The van der Waals surface area contributed by atoms with Crippen LogP contribution in [0.1, 0.15) is 38.8 Å². The number of aromatic nitrogens is 2. The van der Waals surface area contributed by atoms with Gasteiger partial charge in [0.25, 0.3) is 5.91 Å². The molecule has 0 unspecified atom stereocenters. The predicted octanol–water partition coefficient (Wildman–Crippen LogP) is 2.39. The second-order valence-electron chi connectivity index (χ2n) is 4.96. The molecule has 2 aromatic heterocycles. The van der Waals surface area contributed by atoms with Crippen molar-refractivity contribution in [3.05, 3.63) is 45.7 Å². The molecule has 20 heavy (non-hydrogen) atoms. The number of aryl methyl sites for hydroxylation is 2. The van der Waals surface area contributed by atoms with Gasteiger partial charge in [0.15, 0.2) is 5.01 Å². The van der Waals surface area contributed by atoms with E-state index in [1.807, 2.05) is 12.1 Å². The van der Waals surface area contributed by atoms with Gasteiger partial charge in [0.2, 0.25) is 0 Å². The van der Waals surface area contributed by atoms with Gasteiger partial charge in [0.05, 0.1) is 5.69 Å². The molecule has 0 saturated carbocycles. The molecule has 5 heteroatoms. The minimum Gasteiger partial charge on any atom is -0.350 e. The molecule has 0 fully saturated rings. The third kappa shape index (κ3) is 3.04. The highest BCUT2D eigenvalue weighted by atomic mass is 32.1. The Morgan fingerprint density at radius 2 is 2.05 bits per heavy atom. The number of carbonyl (C=O) groups is 1. The number of hydrogen-bond acceptors (Lipinski definition) is 4. The van der Waals surface area contributed by atoms with Gasteiger partial charge in [-0.2, -0.15) is 0 Å². The molecule has 1 aliphatic carbocycles. The standard InChI is InChI=1S/C15H17N3OS/c19-14(17-10-7-11-5-8-16-9-6-11)15-18-12-3-1-2-4-13(12)20-15/h5-6,8-9H,1-4,7,10H2,(H,17,19). The van der Waals surface area contributed by atoms with Crippen molar-refractivity contribution in [2.45, 2.75) is 32.1 Å². The molecule has 0 saturated heterocycles. The van der Waals surface area contributed by atoms with E-state index in [0.717, 1.165) is 25.0 Å². The number of thiazole rings is 1. The Morgan fingerprint density at radius 1 is 1.25 bits per heavy atom. The van der Waals surface area contributed by atoms with Crippen LogP contribution in [0.15, 0.2) is 24.5 Å². The molecule has 2 heterocycles. The third-order valence-corrected chi connectivity index (χ3v) is 4.64. The van der Waals surface area contributed by atoms with Crippen LogP contribution in [-0.4, -0.2) is 22.4 Å². The second-order valence-corrected chi connectivity index (χ2v) is 6.04. The normalized spacial score (nSPS) is 13.8. The Hall–Kier alpha value is -1.75. The van der Waals surface area contributed by atoms with Gasteiger partial charge in [-0.25, -0.2) is 4.98 Å². The molecular formula is C15H17N3OS. The second kappa shape index (κ2) is 6.13. The van der Waals surface area contributed by atoms with E-state index in [4.69, 9.17) is 0 Å². The van der Waals surface area contributed by atoms with Crippen LogP contribution in [0.25, 0.3) is 0 Å². The van der Waals surface area contributed by atoms with Gasteiger partial charge in [-0.3, -0.25) is 9.78 Å². The minimum absolute atomic E-state index is 0.0431. The molecule has 1 N–H and O–H groups in total. The molecule has 0 bridgehead atoms. The lowest BCUT2D eigenvalue weighted by atomic mass is 10.0. The molecular weight excluding hydrogens is 270 g/mol. The van der Waals surface area contributed by atoms with E-state index in [2.05, 4.69) is 15.3 Å². The molecule has 0 spiro atoms. The Balaban J connectivity index is 1.55. The zero-order chi connectivity index (χ0) is 13.8. The molecule has 0 atom stereocenters. The van der Waals surface area contributed by atoms with Crippen LogP contribution in [0.5, 0.6) is 0 Å². The number of nitrogens with one attached hydrogen (secondary N) is 1. The molecule has 1 amide bonds. The van der Waals surface area contributed by atoms with E-state index in [9.17, 15) is 4.79 Å². The number of carbonyl (C=O) groups excluding carboxylic acids is 1. The van der Waals surface area contributed by atoms with Gasteiger partial charge < -0.3 is 5.32 Å². The van der Waals surface area contributed by atoms with Crippen LogP contribution < -0.4 is 5.32 Å². The van der Waals surface area contributed by atoms with E-state index in [0.29, 0.717) is 11.6 Å². The average Bonchev–Trinajstić information content (AvgIpc) is 2.92. The quantitative estimate of drug-likeness (QED) is 0.939. The summed E-state index contributed by atoms with van der Waals surface area (Å²) in [7, 11) is 0. The van der Waals surface area contributed by atoms with Crippen molar-refractivity contribution in [2.24, 2.45) is 0 Å². The van der Waals surface area contributed by atoms with Crippen molar-refractivity contribution in [1.82, 2.24) is 15.3 Å².